The molecule has 0 atom stereocenters. The normalized spacial score (nSPS) is 9.48. The Morgan fingerprint density at radius 2 is 1.67 bits per heavy atom. The highest BCUT2D eigenvalue weighted by atomic mass is 16.2. The van der Waals surface area contributed by atoms with E-state index in [1.807, 2.05) is 54.3 Å². The van der Waals surface area contributed by atoms with Crippen molar-refractivity contribution in [3.05, 3.63) is 30.3 Å². The molecule has 1 aromatic carbocycles. The van der Waals surface area contributed by atoms with Crippen molar-refractivity contribution in [3.63, 3.8) is 0 Å². The summed E-state index contributed by atoms with van der Waals surface area (Å²) < 4.78 is 0. The van der Waals surface area contributed by atoms with Gasteiger partial charge in [0.2, 0.25) is 5.91 Å². The van der Waals surface area contributed by atoms with Crippen LogP contribution in [0.3, 0.4) is 0 Å². The van der Waals surface area contributed by atoms with Crippen molar-refractivity contribution in [3.8, 4) is 12.1 Å². The van der Waals surface area contributed by atoms with E-state index >= 15 is 0 Å². The maximum absolute atomic E-state index is 12.4. The van der Waals surface area contributed by atoms with Crippen LogP contribution >= 0.6 is 0 Å². The van der Waals surface area contributed by atoms with Gasteiger partial charge >= 0.3 is 0 Å². The highest BCUT2D eigenvalue weighted by Crippen LogP contribution is 2.13. The molecule has 0 bridgehead atoms. The fourth-order valence-electron chi connectivity index (χ4n) is 2.02. The summed E-state index contributed by atoms with van der Waals surface area (Å²) in [4.78, 5) is 15.9. The van der Waals surface area contributed by atoms with Gasteiger partial charge in [0, 0.05) is 25.3 Å². The molecular weight excluding hydrogens is 264 g/mol. The highest BCUT2D eigenvalue weighted by Gasteiger charge is 2.16. The Kier molecular flexibility index (Phi) is 7.39. The number of benzene rings is 1. The number of nitriles is 2. The molecule has 0 aromatic heterocycles. The van der Waals surface area contributed by atoms with E-state index in [0.717, 1.165) is 12.2 Å². The molecule has 0 saturated heterocycles. The van der Waals surface area contributed by atoms with Crippen molar-refractivity contribution in [2.24, 2.45) is 0 Å². The van der Waals surface area contributed by atoms with Crippen LogP contribution in [0.25, 0.3) is 0 Å². The zero-order valence-corrected chi connectivity index (χ0v) is 12.3. The summed E-state index contributed by atoms with van der Waals surface area (Å²) in [6.07, 6.45) is 0.573. The van der Waals surface area contributed by atoms with E-state index in [0.29, 0.717) is 13.1 Å². The number of carbonyl (C=O) groups excluding carboxylic acids is 1. The van der Waals surface area contributed by atoms with Gasteiger partial charge in [0.05, 0.1) is 31.5 Å². The smallest absolute Gasteiger partial charge is 0.242 e. The summed E-state index contributed by atoms with van der Waals surface area (Å²) in [5.41, 5.74) is 0.994. The van der Waals surface area contributed by atoms with E-state index in [-0.39, 0.29) is 25.3 Å². The maximum Gasteiger partial charge on any atom is 0.242 e. The standard InChI is InChI=1S/C16H20N4O/c1-2-19(15-8-4-3-5-9-15)14-16(21)20(12-6-10-17)13-7-11-18/h3-5,8-9H,2,6-7,12-14H2,1H3. The maximum atomic E-state index is 12.4. The predicted octanol–water partition coefficient (Wildman–Crippen LogP) is 2.17. The highest BCUT2D eigenvalue weighted by molar-refractivity contribution is 5.81. The molecule has 0 aliphatic carbocycles. The van der Waals surface area contributed by atoms with E-state index in [2.05, 4.69) is 0 Å². The van der Waals surface area contributed by atoms with E-state index in [1.165, 1.54) is 0 Å². The molecular formula is C16H20N4O. The largest absolute Gasteiger partial charge is 0.362 e. The number of hydrogen-bond acceptors (Lipinski definition) is 4. The van der Waals surface area contributed by atoms with Crippen LogP contribution < -0.4 is 4.90 Å². The molecule has 1 rings (SSSR count). The third kappa shape index (κ3) is 5.54. The van der Waals surface area contributed by atoms with Crippen LogP contribution in [0.1, 0.15) is 19.8 Å². The second-order valence-corrected chi connectivity index (χ2v) is 4.55. The summed E-state index contributed by atoms with van der Waals surface area (Å²) in [5, 5.41) is 17.3. The van der Waals surface area contributed by atoms with Crippen molar-refractivity contribution in [2.75, 3.05) is 31.1 Å². The van der Waals surface area contributed by atoms with Crippen LogP contribution in [0, 0.1) is 22.7 Å². The minimum absolute atomic E-state index is 0.0498. The van der Waals surface area contributed by atoms with Crippen molar-refractivity contribution >= 4 is 11.6 Å². The van der Waals surface area contributed by atoms with Crippen LogP contribution in [0.15, 0.2) is 30.3 Å². The number of anilines is 1. The first-order valence-electron chi connectivity index (χ1n) is 7.04. The average molecular weight is 284 g/mol. The molecule has 0 aliphatic rings. The van der Waals surface area contributed by atoms with Gasteiger partial charge in [-0.2, -0.15) is 10.5 Å². The third-order valence-electron chi connectivity index (χ3n) is 3.17. The Hall–Kier alpha value is -2.53. The van der Waals surface area contributed by atoms with Gasteiger partial charge in [-0.25, -0.2) is 0 Å². The topological polar surface area (TPSA) is 71.1 Å². The molecule has 0 heterocycles. The summed E-state index contributed by atoms with van der Waals surface area (Å²) in [6, 6.07) is 13.8. The first kappa shape index (κ1) is 16.5. The van der Waals surface area contributed by atoms with Crippen molar-refractivity contribution in [2.45, 2.75) is 19.8 Å². The predicted molar refractivity (Wildman–Crippen MR) is 81.4 cm³/mol. The summed E-state index contributed by atoms with van der Waals surface area (Å²) >= 11 is 0. The molecule has 21 heavy (non-hydrogen) atoms. The molecule has 0 aliphatic heterocycles. The molecule has 0 radical (unpaired) electrons. The van der Waals surface area contributed by atoms with Crippen LogP contribution in [0.4, 0.5) is 5.69 Å². The lowest BCUT2D eigenvalue weighted by Gasteiger charge is -2.27. The molecule has 0 fully saturated rings. The monoisotopic (exact) mass is 284 g/mol. The fraction of sp³-hybridized carbons (Fsp3) is 0.438. The summed E-state index contributed by atoms with van der Waals surface area (Å²) in [6.45, 7) is 3.74. The minimum atomic E-state index is -0.0498. The van der Waals surface area contributed by atoms with E-state index in [1.54, 1.807) is 4.90 Å². The lowest BCUT2D eigenvalue weighted by atomic mass is 10.2. The number of hydrogen-bond donors (Lipinski definition) is 0. The van der Waals surface area contributed by atoms with Gasteiger partial charge in [-0.05, 0) is 19.1 Å². The van der Waals surface area contributed by atoms with Crippen molar-refractivity contribution in [1.82, 2.24) is 4.90 Å². The van der Waals surface area contributed by atoms with Crippen molar-refractivity contribution < 1.29 is 4.79 Å². The number of carbonyl (C=O) groups is 1. The van der Waals surface area contributed by atoms with E-state index in [4.69, 9.17) is 10.5 Å². The van der Waals surface area contributed by atoms with Gasteiger partial charge in [-0.15, -0.1) is 0 Å². The van der Waals surface area contributed by atoms with Gasteiger partial charge in [-0.3, -0.25) is 4.79 Å². The Morgan fingerprint density at radius 3 is 2.14 bits per heavy atom. The Bertz CT molecular complexity index is 497. The van der Waals surface area contributed by atoms with Crippen LogP contribution in [0.5, 0.6) is 0 Å². The molecule has 0 N–H and O–H groups in total. The number of rotatable bonds is 8. The molecule has 1 amide bonds. The lowest BCUT2D eigenvalue weighted by Crippen LogP contribution is -2.41. The molecule has 5 heteroatoms. The van der Waals surface area contributed by atoms with Crippen LogP contribution in [-0.4, -0.2) is 37.0 Å². The number of para-hydroxylation sites is 1. The lowest BCUT2D eigenvalue weighted by molar-refractivity contribution is -0.129. The average Bonchev–Trinajstić information content (AvgIpc) is 2.53. The Morgan fingerprint density at radius 1 is 1.10 bits per heavy atom. The second kappa shape index (κ2) is 9.39. The summed E-state index contributed by atoms with van der Waals surface area (Å²) in [7, 11) is 0. The fourth-order valence-corrected chi connectivity index (χ4v) is 2.02. The van der Waals surface area contributed by atoms with E-state index < -0.39 is 0 Å². The van der Waals surface area contributed by atoms with Gasteiger partial charge < -0.3 is 9.80 Å². The van der Waals surface area contributed by atoms with Gasteiger partial charge in [0.15, 0.2) is 0 Å². The summed E-state index contributed by atoms with van der Waals surface area (Å²) in [5.74, 6) is -0.0498. The zero-order valence-electron chi connectivity index (χ0n) is 12.3. The third-order valence-corrected chi connectivity index (χ3v) is 3.17. The van der Waals surface area contributed by atoms with Crippen LogP contribution in [-0.2, 0) is 4.79 Å². The Labute approximate surface area is 126 Å². The van der Waals surface area contributed by atoms with E-state index in [9.17, 15) is 4.79 Å². The first-order valence-corrected chi connectivity index (χ1v) is 7.04. The minimum Gasteiger partial charge on any atom is -0.362 e. The van der Waals surface area contributed by atoms with Crippen molar-refractivity contribution in [1.29, 1.82) is 10.5 Å². The number of nitrogens with zero attached hydrogens (tertiary/aromatic N) is 4. The quantitative estimate of drug-likeness (QED) is 0.733. The van der Waals surface area contributed by atoms with Gasteiger partial charge in [0.25, 0.3) is 0 Å². The molecule has 1 aromatic rings. The first-order chi connectivity index (χ1) is 10.2. The Balaban J connectivity index is 2.70. The molecule has 0 unspecified atom stereocenters. The van der Waals surface area contributed by atoms with Gasteiger partial charge in [0.1, 0.15) is 0 Å². The molecule has 0 saturated carbocycles. The van der Waals surface area contributed by atoms with Gasteiger partial charge in [-0.1, -0.05) is 18.2 Å². The molecule has 110 valence electrons. The molecule has 5 nitrogen and oxygen atoms in total. The number of likely N-dealkylation sites (N-methyl/N-ethyl adjacent to an activating group) is 1. The molecule has 0 spiro atoms. The number of amides is 1. The zero-order chi connectivity index (χ0) is 15.5. The SMILES string of the molecule is CCN(CC(=O)N(CCC#N)CCC#N)c1ccccc1. The van der Waals surface area contributed by atoms with Crippen LogP contribution in [0.2, 0.25) is 0 Å². The second-order valence-electron chi connectivity index (χ2n) is 4.55.